The van der Waals surface area contributed by atoms with Crippen LogP contribution in [0.2, 0.25) is 0 Å². The summed E-state index contributed by atoms with van der Waals surface area (Å²) in [5, 5.41) is 5.75. The van der Waals surface area contributed by atoms with E-state index in [9.17, 15) is 13.6 Å². The highest BCUT2D eigenvalue weighted by molar-refractivity contribution is 5.78. The summed E-state index contributed by atoms with van der Waals surface area (Å²) in [6, 6.07) is 3.33. The van der Waals surface area contributed by atoms with Crippen LogP contribution in [0.5, 0.6) is 0 Å². The van der Waals surface area contributed by atoms with Gasteiger partial charge in [-0.25, -0.2) is 8.78 Å². The Kier molecular flexibility index (Phi) is 3.91. The second kappa shape index (κ2) is 5.44. The zero-order valence-electron chi connectivity index (χ0n) is 10.2. The predicted octanol–water partition coefficient (Wildman–Crippen LogP) is 1.89. The molecule has 1 aliphatic rings. The van der Waals surface area contributed by atoms with E-state index in [1.807, 2.05) is 0 Å². The molecule has 2 N–H and O–H groups in total. The van der Waals surface area contributed by atoms with Gasteiger partial charge in [0.1, 0.15) is 11.6 Å². The van der Waals surface area contributed by atoms with E-state index in [2.05, 4.69) is 10.6 Å². The van der Waals surface area contributed by atoms with Crippen LogP contribution in [0.1, 0.15) is 31.4 Å². The molecule has 18 heavy (non-hydrogen) atoms. The predicted molar refractivity (Wildman–Crippen MR) is 63.9 cm³/mol. The Bertz CT molecular complexity index is 447. The van der Waals surface area contributed by atoms with E-state index in [1.54, 1.807) is 6.92 Å². The maximum Gasteiger partial charge on any atom is 0.234 e. The fourth-order valence-corrected chi connectivity index (χ4v) is 1.75. The molecular formula is C13H16F2N2O. The largest absolute Gasteiger partial charge is 0.348 e. The number of nitrogens with one attached hydrogen (secondary N) is 2. The highest BCUT2D eigenvalue weighted by atomic mass is 19.1. The summed E-state index contributed by atoms with van der Waals surface area (Å²) in [6.07, 6.45) is 2.21. The summed E-state index contributed by atoms with van der Waals surface area (Å²) in [7, 11) is 0. The Morgan fingerprint density at radius 2 is 2.17 bits per heavy atom. The maximum atomic E-state index is 13.5. The number of rotatable bonds is 5. The minimum Gasteiger partial charge on any atom is -0.348 e. The van der Waals surface area contributed by atoms with Crippen molar-refractivity contribution in [2.24, 2.45) is 0 Å². The average molecular weight is 254 g/mol. The van der Waals surface area contributed by atoms with Gasteiger partial charge in [-0.3, -0.25) is 4.79 Å². The van der Waals surface area contributed by atoms with Gasteiger partial charge >= 0.3 is 0 Å². The summed E-state index contributed by atoms with van der Waals surface area (Å²) in [6.45, 7) is 1.91. The fourth-order valence-electron chi connectivity index (χ4n) is 1.75. The van der Waals surface area contributed by atoms with Crippen LogP contribution >= 0.6 is 0 Å². The van der Waals surface area contributed by atoms with Gasteiger partial charge in [0.05, 0.1) is 12.6 Å². The summed E-state index contributed by atoms with van der Waals surface area (Å²) in [4.78, 5) is 11.6. The van der Waals surface area contributed by atoms with E-state index in [0.717, 1.165) is 18.9 Å². The first-order chi connectivity index (χ1) is 8.56. The van der Waals surface area contributed by atoms with Crippen molar-refractivity contribution in [3.63, 3.8) is 0 Å². The lowest BCUT2D eigenvalue weighted by molar-refractivity contribution is -0.120. The molecule has 1 fully saturated rings. The van der Waals surface area contributed by atoms with Gasteiger partial charge in [-0.1, -0.05) is 6.07 Å². The molecule has 2 rings (SSSR count). The van der Waals surface area contributed by atoms with E-state index >= 15 is 0 Å². The molecule has 1 unspecified atom stereocenters. The van der Waals surface area contributed by atoms with Crippen LogP contribution in [0.15, 0.2) is 18.2 Å². The van der Waals surface area contributed by atoms with E-state index in [-0.39, 0.29) is 18.0 Å². The molecule has 0 saturated heterocycles. The van der Waals surface area contributed by atoms with Crippen molar-refractivity contribution in [1.29, 1.82) is 0 Å². The number of carbonyl (C=O) groups is 1. The van der Waals surface area contributed by atoms with Crippen molar-refractivity contribution in [2.75, 3.05) is 6.54 Å². The Labute approximate surface area is 105 Å². The third-order valence-corrected chi connectivity index (χ3v) is 2.94. The summed E-state index contributed by atoms with van der Waals surface area (Å²) >= 11 is 0. The lowest BCUT2D eigenvalue weighted by Gasteiger charge is -2.15. The van der Waals surface area contributed by atoms with Crippen LogP contribution in [-0.4, -0.2) is 18.5 Å². The van der Waals surface area contributed by atoms with Crippen molar-refractivity contribution < 1.29 is 13.6 Å². The molecule has 0 aliphatic heterocycles. The van der Waals surface area contributed by atoms with Crippen molar-refractivity contribution in [3.05, 3.63) is 35.4 Å². The van der Waals surface area contributed by atoms with E-state index in [0.29, 0.717) is 6.04 Å². The van der Waals surface area contributed by atoms with Crippen LogP contribution < -0.4 is 10.6 Å². The molecule has 5 heteroatoms. The van der Waals surface area contributed by atoms with Gasteiger partial charge in [0, 0.05) is 17.7 Å². The molecule has 0 aromatic heterocycles. The van der Waals surface area contributed by atoms with Gasteiger partial charge in [-0.2, -0.15) is 0 Å². The van der Waals surface area contributed by atoms with Crippen molar-refractivity contribution in [3.8, 4) is 0 Å². The minimum atomic E-state index is -0.641. The Morgan fingerprint density at radius 1 is 1.44 bits per heavy atom. The fraction of sp³-hybridized carbons (Fsp3) is 0.462. The topological polar surface area (TPSA) is 41.1 Å². The van der Waals surface area contributed by atoms with E-state index in [4.69, 9.17) is 0 Å². The normalized spacial score (nSPS) is 16.4. The molecule has 1 aliphatic carbocycles. The van der Waals surface area contributed by atoms with Gasteiger partial charge in [0.2, 0.25) is 5.91 Å². The summed E-state index contributed by atoms with van der Waals surface area (Å²) in [5.74, 6) is -1.44. The number of hydrogen-bond acceptors (Lipinski definition) is 2. The van der Waals surface area contributed by atoms with E-state index < -0.39 is 17.7 Å². The molecule has 0 heterocycles. The monoisotopic (exact) mass is 254 g/mol. The Hall–Kier alpha value is -1.49. The Balaban J connectivity index is 1.89. The SMILES string of the molecule is CC(NC(=O)CNC1CC1)c1ccc(F)cc1F. The molecular weight excluding hydrogens is 238 g/mol. The lowest BCUT2D eigenvalue weighted by atomic mass is 10.1. The van der Waals surface area contributed by atoms with Crippen molar-refractivity contribution >= 4 is 5.91 Å². The zero-order valence-corrected chi connectivity index (χ0v) is 10.2. The number of hydrogen-bond donors (Lipinski definition) is 2. The Morgan fingerprint density at radius 3 is 2.78 bits per heavy atom. The van der Waals surface area contributed by atoms with Crippen LogP contribution in [0, 0.1) is 11.6 Å². The molecule has 3 nitrogen and oxygen atoms in total. The molecule has 98 valence electrons. The molecule has 1 atom stereocenters. The number of carbonyl (C=O) groups excluding carboxylic acids is 1. The summed E-state index contributed by atoms with van der Waals surface area (Å²) in [5.41, 5.74) is 0.288. The molecule has 1 aromatic rings. The van der Waals surface area contributed by atoms with Crippen LogP contribution in [0.25, 0.3) is 0 Å². The van der Waals surface area contributed by atoms with Gasteiger partial charge in [0.15, 0.2) is 0 Å². The smallest absolute Gasteiger partial charge is 0.234 e. The lowest BCUT2D eigenvalue weighted by Crippen LogP contribution is -2.36. The standard InChI is InChI=1S/C13H16F2N2O/c1-8(11-5-2-9(14)6-12(11)15)17-13(18)7-16-10-3-4-10/h2,5-6,8,10,16H,3-4,7H2,1H3,(H,17,18). The maximum absolute atomic E-state index is 13.5. The molecule has 0 spiro atoms. The second-order valence-corrected chi connectivity index (χ2v) is 4.61. The zero-order chi connectivity index (χ0) is 13.1. The number of amides is 1. The van der Waals surface area contributed by atoms with Gasteiger partial charge < -0.3 is 10.6 Å². The van der Waals surface area contributed by atoms with Crippen LogP contribution in [-0.2, 0) is 4.79 Å². The molecule has 0 bridgehead atoms. The van der Waals surface area contributed by atoms with Gasteiger partial charge in [-0.05, 0) is 25.8 Å². The average Bonchev–Trinajstić information content (AvgIpc) is 3.09. The van der Waals surface area contributed by atoms with Gasteiger partial charge in [0.25, 0.3) is 0 Å². The quantitative estimate of drug-likeness (QED) is 0.842. The molecule has 1 amide bonds. The highest BCUT2D eigenvalue weighted by Crippen LogP contribution is 2.19. The molecule has 1 aromatic carbocycles. The number of benzene rings is 1. The van der Waals surface area contributed by atoms with Crippen LogP contribution in [0.3, 0.4) is 0 Å². The highest BCUT2D eigenvalue weighted by Gasteiger charge is 2.21. The summed E-state index contributed by atoms with van der Waals surface area (Å²) < 4.78 is 26.2. The van der Waals surface area contributed by atoms with Crippen molar-refractivity contribution in [1.82, 2.24) is 10.6 Å². The number of halogens is 2. The van der Waals surface area contributed by atoms with Crippen molar-refractivity contribution in [2.45, 2.75) is 31.8 Å². The third-order valence-electron chi connectivity index (χ3n) is 2.94. The first-order valence-corrected chi connectivity index (χ1v) is 6.04. The molecule has 1 saturated carbocycles. The first-order valence-electron chi connectivity index (χ1n) is 6.04. The van der Waals surface area contributed by atoms with E-state index in [1.165, 1.54) is 12.1 Å². The van der Waals surface area contributed by atoms with Crippen LogP contribution in [0.4, 0.5) is 8.78 Å². The second-order valence-electron chi connectivity index (χ2n) is 4.61. The third kappa shape index (κ3) is 3.50. The molecule has 0 radical (unpaired) electrons. The first kappa shape index (κ1) is 13.0. The van der Waals surface area contributed by atoms with Gasteiger partial charge in [-0.15, -0.1) is 0 Å². The minimum absolute atomic E-state index is 0.182.